The lowest BCUT2D eigenvalue weighted by Crippen LogP contribution is -2.47. The minimum Gasteiger partial charge on any atom is -0.465 e. The van der Waals surface area contributed by atoms with Crippen LogP contribution in [0.2, 0.25) is 0 Å². The van der Waals surface area contributed by atoms with E-state index in [9.17, 15) is 4.79 Å². The van der Waals surface area contributed by atoms with Gasteiger partial charge in [0.2, 0.25) is 0 Å². The molecule has 0 amide bonds. The first-order valence-corrected chi connectivity index (χ1v) is 9.39. The Labute approximate surface area is 164 Å². The highest BCUT2D eigenvalue weighted by Gasteiger charge is 2.24. The summed E-state index contributed by atoms with van der Waals surface area (Å²) in [7, 11) is 1.38. The van der Waals surface area contributed by atoms with Gasteiger partial charge in [-0.2, -0.15) is 0 Å². The number of hydrogen-bond acceptors (Lipinski definition) is 7. The van der Waals surface area contributed by atoms with Gasteiger partial charge in [0.05, 0.1) is 12.7 Å². The van der Waals surface area contributed by atoms with Crippen molar-refractivity contribution in [2.75, 3.05) is 38.2 Å². The number of aromatic nitrogens is 3. The lowest BCUT2D eigenvalue weighted by molar-refractivity contribution is 0.0602. The van der Waals surface area contributed by atoms with Crippen molar-refractivity contribution in [1.29, 1.82) is 0 Å². The minimum atomic E-state index is -0.384. The van der Waals surface area contributed by atoms with Crippen LogP contribution in [0, 0.1) is 0 Å². The molecule has 0 aliphatic carbocycles. The van der Waals surface area contributed by atoms with Crippen LogP contribution in [0.1, 0.15) is 28.9 Å². The van der Waals surface area contributed by atoms with E-state index in [2.05, 4.69) is 37.7 Å². The maximum absolute atomic E-state index is 12.1. The Bertz CT molecular complexity index is 971. The molecule has 7 nitrogen and oxygen atoms in total. The van der Waals surface area contributed by atoms with Crippen molar-refractivity contribution < 1.29 is 9.53 Å². The van der Waals surface area contributed by atoms with E-state index in [1.165, 1.54) is 12.7 Å². The van der Waals surface area contributed by atoms with Crippen molar-refractivity contribution in [3.05, 3.63) is 60.3 Å². The van der Waals surface area contributed by atoms with Crippen LogP contribution < -0.4 is 4.90 Å². The number of nitrogens with zero attached hydrogens (tertiary/aromatic N) is 5. The Morgan fingerprint density at radius 3 is 2.57 bits per heavy atom. The highest BCUT2D eigenvalue weighted by atomic mass is 16.5. The first-order chi connectivity index (χ1) is 13.7. The van der Waals surface area contributed by atoms with Gasteiger partial charge >= 0.3 is 5.97 Å². The standard InChI is InChI=1S/C21H23N5O2/c1-15(16-4-3-6-22-12-16)25-8-10-26(11-9-25)20-18-13-23-14-19(21(27)28-2)17(18)5-7-24-20/h3-7,12-15H,8-11H2,1-2H3. The minimum absolute atomic E-state index is 0.323. The molecule has 3 aromatic rings. The SMILES string of the molecule is COC(=O)c1cncc2c(N3CCN(C(C)c4cccnc4)CC3)nccc12. The van der Waals surface area contributed by atoms with Crippen molar-refractivity contribution in [3.63, 3.8) is 0 Å². The van der Waals surface area contributed by atoms with E-state index < -0.39 is 0 Å². The fourth-order valence-corrected chi connectivity index (χ4v) is 3.76. The molecule has 3 aromatic heterocycles. The third kappa shape index (κ3) is 3.41. The predicted octanol–water partition coefficient (Wildman–Crippen LogP) is 2.69. The summed E-state index contributed by atoms with van der Waals surface area (Å²) in [6.45, 7) is 5.80. The molecule has 0 N–H and O–H groups in total. The number of carbonyl (C=O) groups excluding carboxylic acids is 1. The number of ether oxygens (including phenoxy) is 1. The van der Waals surface area contributed by atoms with Gasteiger partial charge < -0.3 is 9.64 Å². The number of esters is 1. The molecule has 0 aromatic carbocycles. The number of fused-ring (bicyclic) bond motifs is 1. The highest BCUT2D eigenvalue weighted by molar-refractivity contribution is 6.06. The fraction of sp³-hybridized carbons (Fsp3) is 0.333. The van der Waals surface area contributed by atoms with E-state index in [-0.39, 0.29) is 5.97 Å². The maximum Gasteiger partial charge on any atom is 0.340 e. The summed E-state index contributed by atoms with van der Waals surface area (Å²) in [6, 6.07) is 6.27. The van der Waals surface area contributed by atoms with Gasteiger partial charge in [0.1, 0.15) is 5.82 Å². The molecule has 1 unspecified atom stereocenters. The van der Waals surface area contributed by atoms with Gasteiger partial charge in [-0.1, -0.05) is 6.07 Å². The van der Waals surface area contributed by atoms with Crippen LogP contribution in [0.3, 0.4) is 0 Å². The summed E-state index contributed by atoms with van der Waals surface area (Å²) in [6.07, 6.45) is 8.80. The molecule has 4 rings (SSSR count). The van der Waals surface area contributed by atoms with Crippen LogP contribution in [-0.4, -0.2) is 59.1 Å². The second-order valence-corrected chi connectivity index (χ2v) is 6.89. The molecule has 28 heavy (non-hydrogen) atoms. The number of carbonyl (C=O) groups is 1. The highest BCUT2D eigenvalue weighted by Crippen LogP contribution is 2.28. The average molecular weight is 377 g/mol. The monoisotopic (exact) mass is 377 g/mol. The number of rotatable bonds is 4. The van der Waals surface area contributed by atoms with Crippen molar-refractivity contribution in [3.8, 4) is 0 Å². The summed E-state index contributed by atoms with van der Waals surface area (Å²) in [5.74, 6) is 0.481. The van der Waals surface area contributed by atoms with E-state index >= 15 is 0 Å². The third-order valence-corrected chi connectivity index (χ3v) is 5.40. The van der Waals surface area contributed by atoms with Gasteiger partial charge in [0, 0.05) is 74.0 Å². The average Bonchev–Trinajstić information content (AvgIpc) is 2.78. The molecule has 144 valence electrons. The zero-order valence-corrected chi connectivity index (χ0v) is 16.1. The molecule has 0 bridgehead atoms. The molecule has 7 heteroatoms. The molecule has 1 saturated heterocycles. The van der Waals surface area contributed by atoms with Crippen LogP contribution in [0.15, 0.2) is 49.2 Å². The van der Waals surface area contributed by atoms with Gasteiger partial charge in [-0.3, -0.25) is 14.9 Å². The molecule has 0 radical (unpaired) electrons. The molecule has 1 fully saturated rings. The first-order valence-electron chi connectivity index (χ1n) is 9.39. The van der Waals surface area contributed by atoms with Crippen molar-refractivity contribution >= 4 is 22.6 Å². The summed E-state index contributed by atoms with van der Waals surface area (Å²) >= 11 is 0. The molecule has 0 saturated carbocycles. The largest absolute Gasteiger partial charge is 0.465 e. The predicted molar refractivity (Wildman–Crippen MR) is 107 cm³/mol. The fourth-order valence-electron chi connectivity index (χ4n) is 3.76. The van der Waals surface area contributed by atoms with Crippen molar-refractivity contribution in [1.82, 2.24) is 19.9 Å². The molecular formula is C21H23N5O2. The zero-order valence-electron chi connectivity index (χ0n) is 16.1. The van der Waals surface area contributed by atoms with Gasteiger partial charge in [0.15, 0.2) is 0 Å². The normalized spacial score (nSPS) is 16.1. The van der Waals surface area contributed by atoms with E-state index in [1.807, 2.05) is 18.3 Å². The molecule has 1 atom stereocenters. The number of anilines is 1. The Balaban J connectivity index is 1.55. The second kappa shape index (κ2) is 7.90. The Hall–Kier alpha value is -3.06. The van der Waals surface area contributed by atoms with Crippen molar-refractivity contribution in [2.24, 2.45) is 0 Å². The van der Waals surface area contributed by atoms with E-state index in [4.69, 9.17) is 4.74 Å². The lowest BCUT2D eigenvalue weighted by atomic mass is 10.1. The molecule has 4 heterocycles. The first kappa shape index (κ1) is 18.3. The summed E-state index contributed by atoms with van der Waals surface area (Å²) < 4.78 is 4.89. The Morgan fingerprint density at radius 1 is 1.04 bits per heavy atom. The number of methoxy groups -OCH3 is 1. The van der Waals surface area contributed by atoms with Crippen LogP contribution in [-0.2, 0) is 4.74 Å². The quantitative estimate of drug-likeness (QED) is 0.647. The number of pyridine rings is 3. The lowest BCUT2D eigenvalue weighted by Gasteiger charge is -2.39. The van der Waals surface area contributed by atoms with E-state index in [0.29, 0.717) is 11.6 Å². The molecule has 1 aliphatic rings. The number of hydrogen-bond donors (Lipinski definition) is 0. The van der Waals surface area contributed by atoms with Crippen LogP contribution in [0.25, 0.3) is 10.8 Å². The van der Waals surface area contributed by atoms with Gasteiger partial charge in [-0.25, -0.2) is 9.78 Å². The molecule has 0 spiro atoms. The summed E-state index contributed by atoms with van der Waals surface area (Å²) in [5, 5.41) is 1.69. The van der Waals surface area contributed by atoms with Gasteiger partial charge in [-0.05, 0) is 24.6 Å². The third-order valence-electron chi connectivity index (χ3n) is 5.40. The summed E-state index contributed by atoms with van der Waals surface area (Å²) in [4.78, 5) is 29.8. The van der Waals surface area contributed by atoms with Crippen LogP contribution in [0.5, 0.6) is 0 Å². The summed E-state index contributed by atoms with van der Waals surface area (Å²) in [5.41, 5.74) is 1.69. The van der Waals surface area contributed by atoms with Gasteiger partial charge in [-0.15, -0.1) is 0 Å². The molecular weight excluding hydrogens is 354 g/mol. The van der Waals surface area contributed by atoms with Crippen LogP contribution >= 0.6 is 0 Å². The van der Waals surface area contributed by atoms with E-state index in [1.54, 1.807) is 24.8 Å². The maximum atomic E-state index is 12.1. The second-order valence-electron chi connectivity index (χ2n) is 6.89. The molecule has 1 aliphatic heterocycles. The Morgan fingerprint density at radius 2 is 1.86 bits per heavy atom. The van der Waals surface area contributed by atoms with Gasteiger partial charge in [0.25, 0.3) is 0 Å². The van der Waals surface area contributed by atoms with Crippen molar-refractivity contribution in [2.45, 2.75) is 13.0 Å². The zero-order chi connectivity index (χ0) is 19.5. The van der Waals surface area contributed by atoms with E-state index in [0.717, 1.165) is 42.8 Å². The topological polar surface area (TPSA) is 71.5 Å². The smallest absolute Gasteiger partial charge is 0.340 e. The number of piperazine rings is 1. The van der Waals surface area contributed by atoms with Crippen LogP contribution in [0.4, 0.5) is 5.82 Å². The Kier molecular flexibility index (Phi) is 5.16.